The summed E-state index contributed by atoms with van der Waals surface area (Å²) in [6, 6.07) is 0. The first-order valence-electron chi connectivity index (χ1n) is 10.3. The molecule has 28 heavy (non-hydrogen) atoms. The van der Waals surface area contributed by atoms with Gasteiger partial charge in [-0.3, -0.25) is 9.89 Å². The summed E-state index contributed by atoms with van der Waals surface area (Å²) in [6.45, 7) is 9.34. The number of ether oxygens (including phenoxy) is 1. The quantitative estimate of drug-likeness (QED) is 0.340. The summed E-state index contributed by atoms with van der Waals surface area (Å²) in [5, 5.41) is 7.07. The first-order chi connectivity index (χ1) is 13.2. The van der Waals surface area contributed by atoms with Crippen molar-refractivity contribution in [3.8, 4) is 0 Å². The maximum Gasteiger partial charge on any atom is 0.193 e. The van der Waals surface area contributed by atoms with Crippen LogP contribution in [0.2, 0.25) is 0 Å². The van der Waals surface area contributed by atoms with Crippen molar-refractivity contribution in [1.29, 1.82) is 0 Å². The van der Waals surface area contributed by atoms with Gasteiger partial charge >= 0.3 is 0 Å². The van der Waals surface area contributed by atoms with Crippen molar-refractivity contribution in [3.05, 3.63) is 16.1 Å². The first kappa shape index (κ1) is 23.8. The molecule has 0 spiro atoms. The highest BCUT2D eigenvalue weighted by Gasteiger charge is 2.22. The van der Waals surface area contributed by atoms with Crippen LogP contribution in [0.4, 0.5) is 0 Å². The van der Waals surface area contributed by atoms with E-state index < -0.39 is 0 Å². The topological polar surface area (TPSA) is 53.0 Å². The Kier molecular flexibility index (Phi) is 10.5. The van der Waals surface area contributed by atoms with Crippen molar-refractivity contribution in [2.45, 2.75) is 39.2 Å². The number of rotatable bonds is 7. The molecule has 3 rings (SSSR count). The second kappa shape index (κ2) is 12.3. The summed E-state index contributed by atoms with van der Waals surface area (Å²) < 4.78 is 5.49. The zero-order chi connectivity index (χ0) is 19.1. The fraction of sp³-hybridized carbons (Fsp3) is 0.800. The highest BCUT2D eigenvalue weighted by atomic mass is 127. The van der Waals surface area contributed by atoms with Gasteiger partial charge < -0.3 is 15.0 Å². The molecule has 160 valence electrons. The van der Waals surface area contributed by atoms with E-state index in [-0.39, 0.29) is 24.0 Å². The number of piperidine rings is 1. The van der Waals surface area contributed by atoms with Crippen LogP contribution in [0, 0.1) is 11.8 Å². The largest absolute Gasteiger partial charge is 0.381 e. The third-order valence-corrected chi connectivity index (χ3v) is 6.71. The van der Waals surface area contributed by atoms with Crippen molar-refractivity contribution in [2.75, 3.05) is 53.5 Å². The Bertz CT molecular complexity index is 597. The van der Waals surface area contributed by atoms with E-state index in [0.29, 0.717) is 5.92 Å². The minimum absolute atomic E-state index is 0. The van der Waals surface area contributed by atoms with E-state index in [9.17, 15) is 0 Å². The number of hydrogen-bond donors (Lipinski definition) is 1. The molecule has 2 aliphatic heterocycles. The smallest absolute Gasteiger partial charge is 0.193 e. The molecule has 1 atom stereocenters. The first-order valence-corrected chi connectivity index (χ1v) is 11.2. The molecule has 2 saturated heterocycles. The monoisotopic (exact) mass is 521 g/mol. The predicted molar refractivity (Wildman–Crippen MR) is 128 cm³/mol. The fourth-order valence-corrected chi connectivity index (χ4v) is 4.72. The highest BCUT2D eigenvalue weighted by molar-refractivity contribution is 14.0. The van der Waals surface area contributed by atoms with E-state index in [1.54, 1.807) is 11.3 Å². The van der Waals surface area contributed by atoms with Gasteiger partial charge in [0.05, 0.1) is 17.3 Å². The summed E-state index contributed by atoms with van der Waals surface area (Å²) in [5.74, 6) is 2.37. The Labute approximate surface area is 191 Å². The van der Waals surface area contributed by atoms with Crippen LogP contribution in [0.5, 0.6) is 0 Å². The van der Waals surface area contributed by atoms with Crippen LogP contribution in [-0.4, -0.2) is 74.2 Å². The molecule has 6 nitrogen and oxygen atoms in total. The third-order valence-electron chi connectivity index (χ3n) is 5.67. The summed E-state index contributed by atoms with van der Waals surface area (Å²) in [7, 11) is 4.01. The minimum atomic E-state index is 0. The van der Waals surface area contributed by atoms with Gasteiger partial charge in [-0.2, -0.15) is 0 Å². The van der Waals surface area contributed by atoms with Crippen LogP contribution in [0.3, 0.4) is 0 Å². The van der Waals surface area contributed by atoms with Crippen molar-refractivity contribution in [1.82, 2.24) is 20.1 Å². The lowest BCUT2D eigenvalue weighted by atomic mass is 9.97. The Morgan fingerprint density at radius 1 is 1.36 bits per heavy atom. The zero-order valence-electron chi connectivity index (χ0n) is 17.5. The molecule has 0 aromatic carbocycles. The number of nitrogens with one attached hydrogen (secondary N) is 1. The fourth-order valence-electron chi connectivity index (χ4n) is 3.98. The summed E-state index contributed by atoms with van der Waals surface area (Å²) in [5.41, 5.74) is 1.24. The summed E-state index contributed by atoms with van der Waals surface area (Å²) in [4.78, 5) is 14.0. The second-order valence-corrected chi connectivity index (χ2v) is 8.79. The zero-order valence-corrected chi connectivity index (χ0v) is 20.7. The van der Waals surface area contributed by atoms with Crippen LogP contribution in [-0.2, 0) is 17.7 Å². The molecular formula is C20H36IN5OS. The van der Waals surface area contributed by atoms with Gasteiger partial charge in [-0.25, -0.2) is 4.98 Å². The molecule has 8 heteroatoms. The molecule has 2 fully saturated rings. The van der Waals surface area contributed by atoms with Crippen molar-refractivity contribution < 1.29 is 4.74 Å². The Balaban J connectivity index is 0.00000280. The predicted octanol–water partition coefficient (Wildman–Crippen LogP) is 3.08. The molecule has 3 heterocycles. The molecule has 1 aromatic heterocycles. The Hall–Kier alpha value is -0.450. The average Bonchev–Trinajstić information content (AvgIpc) is 3.35. The van der Waals surface area contributed by atoms with Gasteiger partial charge in [0, 0.05) is 51.6 Å². The van der Waals surface area contributed by atoms with E-state index in [1.807, 2.05) is 7.05 Å². The number of aryl methyl sites for hydroxylation is 1. The average molecular weight is 522 g/mol. The number of halogens is 1. The lowest BCUT2D eigenvalue weighted by Crippen LogP contribution is -2.44. The second-order valence-electron chi connectivity index (χ2n) is 7.84. The van der Waals surface area contributed by atoms with E-state index in [2.05, 4.69) is 39.5 Å². The van der Waals surface area contributed by atoms with Gasteiger partial charge in [-0.1, -0.05) is 6.92 Å². The summed E-state index contributed by atoms with van der Waals surface area (Å²) in [6.07, 6.45) is 4.70. The Morgan fingerprint density at radius 2 is 2.14 bits per heavy atom. The van der Waals surface area contributed by atoms with E-state index in [0.717, 1.165) is 51.1 Å². The van der Waals surface area contributed by atoms with Gasteiger partial charge in [-0.05, 0) is 44.7 Å². The third kappa shape index (κ3) is 7.11. The molecule has 0 bridgehead atoms. The van der Waals surface area contributed by atoms with E-state index in [4.69, 9.17) is 9.72 Å². The number of aromatic nitrogens is 1. The number of hydrogen-bond acceptors (Lipinski definition) is 5. The van der Waals surface area contributed by atoms with Gasteiger partial charge in [0.25, 0.3) is 0 Å². The van der Waals surface area contributed by atoms with Crippen molar-refractivity contribution in [2.24, 2.45) is 16.8 Å². The molecule has 0 amide bonds. The standard InChI is InChI=1S/C20H35N5OS.HI/c1-4-19-23-18(15-27-19)13-25-8-5-16(6-9-25)11-22-20(21-2)24(3)12-17-7-10-26-14-17;/h15-17H,4-14H2,1-3H3,(H,21,22);1H. The SMILES string of the molecule is CCc1nc(CN2CCC(CNC(=NC)N(C)CC3CCOC3)CC2)cs1.I. The van der Waals surface area contributed by atoms with Crippen LogP contribution < -0.4 is 5.32 Å². The molecular weight excluding hydrogens is 485 g/mol. The maximum atomic E-state index is 5.49. The normalized spacial score (nSPS) is 21.5. The van der Waals surface area contributed by atoms with Gasteiger partial charge in [0.2, 0.25) is 0 Å². The Morgan fingerprint density at radius 3 is 2.75 bits per heavy atom. The maximum absolute atomic E-state index is 5.49. The lowest BCUT2D eigenvalue weighted by Gasteiger charge is -2.32. The van der Waals surface area contributed by atoms with Crippen LogP contribution >= 0.6 is 35.3 Å². The van der Waals surface area contributed by atoms with Crippen LogP contribution in [0.15, 0.2) is 10.4 Å². The number of thiazole rings is 1. The molecule has 1 unspecified atom stereocenters. The molecule has 0 radical (unpaired) electrons. The number of nitrogens with zero attached hydrogens (tertiary/aromatic N) is 4. The molecule has 1 N–H and O–H groups in total. The molecule has 0 aliphatic carbocycles. The summed E-state index contributed by atoms with van der Waals surface area (Å²) >= 11 is 1.79. The molecule has 2 aliphatic rings. The minimum Gasteiger partial charge on any atom is -0.381 e. The van der Waals surface area contributed by atoms with Gasteiger partial charge in [0.1, 0.15) is 0 Å². The lowest BCUT2D eigenvalue weighted by molar-refractivity contribution is 0.175. The van der Waals surface area contributed by atoms with E-state index in [1.165, 1.54) is 43.1 Å². The van der Waals surface area contributed by atoms with Gasteiger partial charge in [0.15, 0.2) is 5.96 Å². The van der Waals surface area contributed by atoms with Crippen molar-refractivity contribution >= 4 is 41.3 Å². The molecule has 1 aromatic rings. The van der Waals surface area contributed by atoms with E-state index >= 15 is 0 Å². The number of aliphatic imine (C=N–C) groups is 1. The van der Waals surface area contributed by atoms with Crippen LogP contribution in [0.1, 0.15) is 36.9 Å². The van der Waals surface area contributed by atoms with Gasteiger partial charge in [-0.15, -0.1) is 35.3 Å². The van der Waals surface area contributed by atoms with Crippen LogP contribution in [0.25, 0.3) is 0 Å². The number of guanidine groups is 1. The highest BCUT2D eigenvalue weighted by Crippen LogP contribution is 2.20. The van der Waals surface area contributed by atoms with Crippen molar-refractivity contribution in [3.63, 3.8) is 0 Å². The number of likely N-dealkylation sites (tertiary alicyclic amines) is 1. The molecule has 0 saturated carbocycles.